The molecule has 0 bridgehead atoms. The second-order valence-corrected chi connectivity index (χ2v) is 6.53. The number of hydrogen-bond donors (Lipinski definition) is 0. The van der Waals surface area contributed by atoms with E-state index in [9.17, 15) is 4.39 Å². The first-order valence-corrected chi connectivity index (χ1v) is 8.48. The van der Waals surface area contributed by atoms with Crippen molar-refractivity contribution in [3.05, 3.63) is 29.2 Å². The lowest BCUT2D eigenvalue weighted by molar-refractivity contribution is 0.364. The number of aromatic nitrogens is 7. The van der Waals surface area contributed by atoms with Crippen LogP contribution >= 0.6 is 0 Å². The van der Waals surface area contributed by atoms with E-state index in [1.165, 1.54) is 0 Å². The molecule has 4 rings (SSSR count). The summed E-state index contributed by atoms with van der Waals surface area (Å²) in [6, 6.07) is 0. The van der Waals surface area contributed by atoms with Gasteiger partial charge in [0.25, 0.3) is 0 Å². The van der Waals surface area contributed by atoms with Crippen LogP contribution < -0.4 is 4.90 Å². The van der Waals surface area contributed by atoms with E-state index in [-0.39, 0.29) is 0 Å². The molecule has 0 unspecified atom stereocenters. The molecule has 0 spiro atoms. The highest BCUT2D eigenvalue weighted by Crippen LogP contribution is 2.19. The maximum absolute atomic E-state index is 13.4. The van der Waals surface area contributed by atoms with Gasteiger partial charge in [0.2, 0.25) is 5.95 Å². The third kappa shape index (κ3) is 2.94. The topological polar surface area (TPSA) is 77.0 Å². The first kappa shape index (κ1) is 15.9. The number of alkyl halides is 1. The van der Waals surface area contributed by atoms with Gasteiger partial charge in [-0.15, -0.1) is 5.10 Å². The highest BCUT2D eigenvalue weighted by molar-refractivity contribution is 5.43. The Morgan fingerprint density at radius 1 is 1.20 bits per heavy atom. The summed E-state index contributed by atoms with van der Waals surface area (Å²) < 4.78 is 17.0. The molecule has 8 nitrogen and oxygen atoms in total. The van der Waals surface area contributed by atoms with Gasteiger partial charge in [0.05, 0.1) is 17.9 Å². The SMILES string of the molecule is Cc1ncc(C)n2nc(CCc3nc(N4CC[C@H](F)C4)nn3C)nc12. The van der Waals surface area contributed by atoms with Gasteiger partial charge in [-0.25, -0.2) is 13.9 Å². The predicted molar refractivity (Wildman–Crippen MR) is 90.4 cm³/mol. The summed E-state index contributed by atoms with van der Waals surface area (Å²) in [6.45, 7) is 4.94. The second kappa shape index (κ2) is 6.05. The first-order chi connectivity index (χ1) is 12.0. The summed E-state index contributed by atoms with van der Waals surface area (Å²) in [5, 5.41) is 8.98. The molecule has 0 aromatic carbocycles. The zero-order valence-electron chi connectivity index (χ0n) is 14.6. The van der Waals surface area contributed by atoms with E-state index in [1.54, 1.807) is 10.9 Å². The van der Waals surface area contributed by atoms with Crippen LogP contribution in [0.5, 0.6) is 0 Å². The van der Waals surface area contributed by atoms with E-state index in [4.69, 9.17) is 0 Å². The van der Waals surface area contributed by atoms with Gasteiger partial charge in [-0.2, -0.15) is 10.1 Å². The summed E-state index contributed by atoms with van der Waals surface area (Å²) in [5.74, 6) is 2.22. The lowest BCUT2D eigenvalue weighted by Gasteiger charge is -2.10. The quantitative estimate of drug-likeness (QED) is 0.708. The van der Waals surface area contributed by atoms with Crippen molar-refractivity contribution in [2.24, 2.45) is 7.05 Å². The smallest absolute Gasteiger partial charge is 0.245 e. The maximum atomic E-state index is 13.4. The first-order valence-electron chi connectivity index (χ1n) is 8.48. The third-order valence-electron chi connectivity index (χ3n) is 4.58. The van der Waals surface area contributed by atoms with E-state index in [0.717, 1.165) is 28.7 Å². The predicted octanol–water partition coefficient (Wildman–Crippen LogP) is 1.20. The fourth-order valence-electron chi connectivity index (χ4n) is 3.12. The Kier molecular flexibility index (Phi) is 3.85. The van der Waals surface area contributed by atoms with Crippen molar-refractivity contribution in [1.82, 2.24) is 34.3 Å². The van der Waals surface area contributed by atoms with Crippen LogP contribution in [0.3, 0.4) is 0 Å². The zero-order valence-corrected chi connectivity index (χ0v) is 14.6. The zero-order chi connectivity index (χ0) is 17.6. The average molecular weight is 344 g/mol. The van der Waals surface area contributed by atoms with E-state index in [1.807, 2.05) is 30.3 Å². The Morgan fingerprint density at radius 2 is 2.04 bits per heavy atom. The fourth-order valence-corrected chi connectivity index (χ4v) is 3.12. The van der Waals surface area contributed by atoms with Gasteiger partial charge in [-0.1, -0.05) is 0 Å². The van der Waals surface area contributed by atoms with Gasteiger partial charge in [-0.05, 0) is 20.3 Å². The molecule has 9 heteroatoms. The molecule has 0 amide bonds. The molecule has 0 N–H and O–H groups in total. The lowest BCUT2D eigenvalue weighted by atomic mass is 10.3. The molecule has 1 saturated heterocycles. The molecule has 0 radical (unpaired) electrons. The molecular formula is C16H21FN8. The van der Waals surface area contributed by atoms with Crippen molar-refractivity contribution in [2.75, 3.05) is 18.0 Å². The van der Waals surface area contributed by atoms with Crippen molar-refractivity contribution < 1.29 is 4.39 Å². The maximum Gasteiger partial charge on any atom is 0.245 e. The minimum absolute atomic E-state index is 0.378. The van der Waals surface area contributed by atoms with E-state index in [2.05, 4.69) is 25.1 Å². The molecule has 1 aliphatic heterocycles. The second-order valence-electron chi connectivity index (χ2n) is 6.53. The Morgan fingerprint density at radius 3 is 2.76 bits per heavy atom. The summed E-state index contributed by atoms with van der Waals surface area (Å²) in [7, 11) is 1.87. The van der Waals surface area contributed by atoms with Gasteiger partial charge in [0.1, 0.15) is 12.0 Å². The number of fused-ring (bicyclic) bond motifs is 1. The minimum atomic E-state index is -0.783. The largest absolute Gasteiger partial charge is 0.337 e. The van der Waals surface area contributed by atoms with Crippen LogP contribution in [-0.2, 0) is 19.9 Å². The molecule has 25 heavy (non-hydrogen) atoms. The molecular weight excluding hydrogens is 323 g/mol. The van der Waals surface area contributed by atoms with Crippen LogP contribution in [0, 0.1) is 13.8 Å². The van der Waals surface area contributed by atoms with Crippen molar-refractivity contribution in [2.45, 2.75) is 39.3 Å². The van der Waals surface area contributed by atoms with Gasteiger partial charge >= 0.3 is 0 Å². The van der Waals surface area contributed by atoms with Gasteiger partial charge < -0.3 is 4.90 Å². The molecule has 0 saturated carbocycles. The molecule has 4 heterocycles. The van der Waals surface area contributed by atoms with Crippen LogP contribution in [0.1, 0.15) is 29.5 Å². The summed E-state index contributed by atoms with van der Waals surface area (Å²) in [5.41, 5.74) is 2.61. The van der Waals surface area contributed by atoms with Gasteiger partial charge in [0.15, 0.2) is 11.5 Å². The summed E-state index contributed by atoms with van der Waals surface area (Å²) in [6.07, 6.45) is 2.90. The van der Waals surface area contributed by atoms with E-state index >= 15 is 0 Å². The number of anilines is 1. The molecule has 132 valence electrons. The minimum Gasteiger partial charge on any atom is -0.337 e. The molecule has 1 aliphatic rings. The lowest BCUT2D eigenvalue weighted by Crippen LogP contribution is -2.21. The molecule has 0 aliphatic carbocycles. The Labute approximate surface area is 144 Å². The van der Waals surface area contributed by atoms with Crippen molar-refractivity contribution >= 4 is 11.6 Å². The highest BCUT2D eigenvalue weighted by atomic mass is 19.1. The van der Waals surface area contributed by atoms with Crippen LogP contribution in [0.15, 0.2) is 6.20 Å². The van der Waals surface area contributed by atoms with Crippen LogP contribution in [0.25, 0.3) is 5.65 Å². The summed E-state index contributed by atoms with van der Waals surface area (Å²) >= 11 is 0. The van der Waals surface area contributed by atoms with E-state index in [0.29, 0.717) is 38.3 Å². The number of aryl methyl sites for hydroxylation is 5. The molecule has 1 fully saturated rings. The number of hydrogen-bond acceptors (Lipinski definition) is 6. The number of nitrogens with zero attached hydrogens (tertiary/aromatic N) is 8. The standard InChI is InChI=1S/C16H21FN8/c1-10-8-18-11(2)15-19-13(21-25(10)15)4-5-14-20-16(22-23(14)3)24-7-6-12(17)9-24/h8,12H,4-7,9H2,1-3H3/t12-/m0/s1. The van der Waals surface area contributed by atoms with Crippen LogP contribution in [0.2, 0.25) is 0 Å². The van der Waals surface area contributed by atoms with Gasteiger partial charge in [0, 0.05) is 32.6 Å². The summed E-state index contributed by atoms with van der Waals surface area (Å²) in [4.78, 5) is 15.4. The highest BCUT2D eigenvalue weighted by Gasteiger charge is 2.25. The van der Waals surface area contributed by atoms with Gasteiger partial charge in [-0.3, -0.25) is 9.67 Å². The number of halogens is 1. The van der Waals surface area contributed by atoms with Crippen molar-refractivity contribution in [3.63, 3.8) is 0 Å². The van der Waals surface area contributed by atoms with Crippen LogP contribution in [0.4, 0.5) is 10.3 Å². The molecule has 3 aromatic heterocycles. The van der Waals surface area contributed by atoms with Crippen LogP contribution in [-0.4, -0.2) is 53.6 Å². The fraction of sp³-hybridized carbons (Fsp3) is 0.562. The van der Waals surface area contributed by atoms with Crippen molar-refractivity contribution in [1.29, 1.82) is 0 Å². The van der Waals surface area contributed by atoms with E-state index < -0.39 is 6.17 Å². The Bertz CT molecular complexity index is 875. The Hall–Kier alpha value is -2.58. The molecule has 3 aromatic rings. The number of rotatable bonds is 4. The monoisotopic (exact) mass is 344 g/mol. The average Bonchev–Trinajstić information content (AvgIpc) is 3.28. The third-order valence-corrected chi connectivity index (χ3v) is 4.58. The van der Waals surface area contributed by atoms with Crippen molar-refractivity contribution in [3.8, 4) is 0 Å². The normalized spacial score (nSPS) is 17.8. The Balaban J connectivity index is 1.51. The molecule has 1 atom stereocenters.